The lowest BCUT2D eigenvalue weighted by Gasteiger charge is -2.20. The van der Waals surface area contributed by atoms with Crippen LogP contribution in [-0.4, -0.2) is 11.5 Å². The van der Waals surface area contributed by atoms with Crippen LogP contribution >= 0.6 is 0 Å². The lowest BCUT2D eigenvalue weighted by Crippen LogP contribution is -2.27. The monoisotopic (exact) mass is 262 g/mol. The Kier molecular flexibility index (Phi) is 3.90. The standard InChI is InChI=1S/C15H22N2O2/c1-11(2)15(6-7-15)10-16-9-13-5-4-12(3)14(8-13)17(18)19/h4-5,8,11,16H,6-7,9-10H2,1-3H3. The summed E-state index contributed by atoms with van der Waals surface area (Å²) in [4.78, 5) is 10.6. The van der Waals surface area contributed by atoms with Gasteiger partial charge in [0, 0.05) is 24.7 Å². The first kappa shape index (κ1) is 14.0. The van der Waals surface area contributed by atoms with Crippen LogP contribution in [0.4, 0.5) is 5.69 Å². The summed E-state index contributed by atoms with van der Waals surface area (Å²) in [5, 5.41) is 14.3. The average molecular weight is 262 g/mol. The van der Waals surface area contributed by atoms with E-state index in [1.807, 2.05) is 12.1 Å². The predicted octanol–water partition coefficient (Wildman–Crippen LogP) is 3.43. The molecule has 0 heterocycles. The van der Waals surface area contributed by atoms with E-state index in [9.17, 15) is 10.1 Å². The molecule has 0 aromatic heterocycles. The second-order valence-corrected chi connectivity index (χ2v) is 6.00. The zero-order valence-electron chi connectivity index (χ0n) is 11.9. The van der Waals surface area contributed by atoms with Crippen LogP contribution in [0.5, 0.6) is 0 Å². The minimum absolute atomic E-state index is 0.212. The molecule has 0 spiro atoms. The van der Waals surface area contributed by atoms with E-state index < -0.39 is 0 Å². The fourth-order valence-electron chi connectivity index (χ4n) is 2.54. The van der Waals surface area contributed by atoms with E-state index in [0.29, 0.717) is 17.9 Å². The third-order valence-corrected chi connectivity index (χ3v) is 4.39. The van der Waals surface area contributed by atoms with E-state index in [0.717, 1.165) is 17.7 Å². The molecule has 1 N–H and O–H groups in total. The normalized spacial score (nSPS) is 16.6. The zero-order valence-corrected chi connectivity index (χ0v) is 11.9. The molecule has 1 aliphatic rings. The smallest absolute Gasteiger partial charge is 0.272 e. The molecule has 104 valence electrons. The Morgan fingerprint density at radius 2 is 2.11 bits per heavy atom. The molecular weight excluding hydrogens is 240 g/mol. The van der Waals surface area contributed by atoms with Crippen molar-refractivity contribution in [3.8, 4) is 0 Å². The number of hydrogen-bond donors (Lipinski definition) is 1. The number of aryl methyl sites for hydroxylation is 1. The van der Waals surface area contributed by atoms with Crippen LogP contribution in [0.15, 0.2) is 18.2 Å². The van der Waals surface area contributed by atoms with Gasteiger partial charge in [0.2, 0.25) is 0 Å². The van der Waals surface area contributed by atoms with Gasteiger partial charge in [-0.25, -0.2) is 0 Å². The molecule has 0 atom stereocenters. The molecule has 0 bridgehead atoms. The van der Waals surface area contributed by atoms with Gasteiger partial charge in [-0.15, -0.1) is 0 Å². The minimum Gasteiger partial charge on any atom is -0.312 e. The average Bonchev–Trinajstić information content (AvgIpc) is 3.12. The van der Waals surface area contributed by atoms with Gasteiger partial charge >= 0.3 is 0 Å². The Morgan fingerprint density at radius 3 is 2.63 bits per heavy atom. The van der Waals surface area contributed by atoms with E-state index in [4.69, 9.17) is 0 Å². The molecule has 0 aliphatic heterocycles. The second-order valence-electron chi connectivity index (χ2n) is 6.00. The van der Waals surface area contributed by atoms with Crippen molar-refractivity contribution in [3.05, 3.63) is 39.4 Å². The largest absolute Gasteiger partial charge is 0.312 e. The summed E-state index contributed by atoms with van der Waals surface area (Å²) in [6.07, 6.45) is 2.59. The van der Waals surface area contributed by atoms with Crippen LogP contribution in [0.2, 0.25) is 0 Å². The van der Waals surface area contributed by atoms with Gasteiger partial charge < -0.3 is 5.32 Å². The quantitative estimate of drug-likeness (QED) is 0.631. The van der Waals surface area contributed by atoms with Crippen molar-refractivity contribution >= 4 is 5.69 Å². The van der Waals surface area contributed by atoms with Crippen molar-refractivity contribution in [2.24, 2.45) is 11.3 Å². The molecule has 1 fully saturated rings. The summed E-state index contributed by atoms with van der Waals surface area (Å²) in [6, 6.07) is 5.46. The molecular formula is C15H22N2O2. The number of nitrogens with zero attached hydrogens (tertiary/aromatic N) is 1. The molecule has 2 rings (SSSR count). The number of nitrogens with one attached hydrogen (secondary N) is 1. The molecule has 19 heavy (non-hydrogen) atoms. The number of rotatable bonds is 6. The molecule has 4 nitrogen and oxygen atoms in total. The van der Waals surface area contributed by atoms with Crippen molar-refractivity contribution in [3.63, 3.8) is 0 Å². The Balaban J connectivity index is 1.93. The maximum atomic E-state index is 10.9. The van der Waals surface area contributed by atoms with Crippen molar-refractivity contribution in [2.45, 2.75) is 40.2 Å². The minimum atomic E-state index is -0.310. The van der Waals surface area contributed by atoms with Crippen LogP contribution in [-0.2, 0) is 6.54 Å². The molecule has 0 radical (unpaired) electrons. The van der Waals surface area contributed by atoms with Crippen LogP contribution in [0, 0.1) is 28.4 Å². The summed E-state index contributed by atoms with van der Waals surface area (Å²) in [5.41, 5.74) is 2.38. The van der Waals surface area contributed by atoms with E-state index in [1.165, 1.54) is 12.8 Å². The van der Waals surface area contributed by atoms with Gasteiger partial charge in [-0.05, 0) is 36.7 Å². The summed E-state index contributed by atoms with van der Waals surface area (Å²) in [6.45, 7) is 8.02. The maximum absolute atomic E-state index is 10.9. The van der Waals surface area contributed by atoms with Crippen LogP contribution in [0.25, 0.3) is 0 Å². The molecule has 4 heteroatoms. The van der Waals surface area contributed by atoms with E-state index in [-0.39, 0.29) is 10.6 Å². The molecule has 0 unspecified atom stereocenters. The number of benzene rings is 1. The van der Waals surface area contributed by atoms with Gasteiger partial charge in [0.15, 0.2) is 0 Å². The van der Waals surface area contributed by atoms with Gasteiger partial charge in [0.05, 0.1) is 4.92 Å². The summed E-state index contributed by atoms with van der Waals surface area (Å²) in [7, 11) is 0. The highest BCUT2D eigenvalue weighted by atomic mass is 16.6. The Hall–Kier alpha value is -1.42. The van der Waals surface area contributed by atoms with Gasteiger partial charge in [-0.1, -0.05) is 26.0 Å². The summed E-state index contributed by atoms with van der Waals surface area (Å²) in [5.74, 6) is 0.701. The first-order chi connectivity index (χ1) is 8.94. The van der Waals surface area contributed by atoms with Crippen molar-refractivity contribution in [1.29, 1.82) is 0 Å². The maximum Gasteiger partial charge on any atom is 0.272 e. The zero-order chi connectivity index (χ0) is 14.0. The Morgan fingerprint density at radius 1 is 1.42 bits per heavy atom. The van der Waals surface area contributed by atoms with E-state index in [1.54, 1.807) is 13.0 Å². The van der Waals surface area contributed by atoms with Crippen molar-refractivity contribution < 1.29 is 4.92 Å². The fourth-order valence-corrected chi connectivity index (χ4v) is 2.54. The fraction of sp³-hybridized carbons (Fsp3) is 0.600. The first-order valence-electron chi connectivity index (χ1n) is 6.89. The molecule has 1 aromatic carbocycles. The third-order valence-electron chi connectivity index (χ3n) is 4.39. The first-order valence-corrected chi connectivity index (χ1v) is 6.89. The van der Waals surface area contributed by atoms with Gasteiger partial charge in [0.1, 0.15) is 0 Å². The van der Waals surface area contributed by atoms with Crippen LogP contribution < -0.4 is 5.32 Å². The molecule has 1 saturated carbocycles. The SMILES string of the molecule is Cc1ccc(CNCC2(C(C)C)CC2)cc1[N+](=O)[O-]. The molecule has 1 aromatic rings. The predicted molar refractivity (Wildman–Crippen MR) is 76.0 cm³/mol. The summed E-state index contributed by atoms with van der Waals surface area (Å²) >= 11 is 0. The topological polar surface area (TPSA) is 55.2 Å². The highest BCUT2D eigenvalue weighted by Gasteiger charge is 2.44. The van der Waals surface area contributed by atoms with Gasteiger partial charge in [-0.3, -0.25) is 10.1 Å². The van der Waals surface area contributed by atoms with E-state index in [2.05, 4.69) is 19.2 Å². The lowest BCUT2D eigenvalue weighted by atomic mass is 9.92. The lowest BCUT2D eigenvalue weighted by molar-refractivity contribution is -0.385. The number of nitro benzene ring substituents is 1. The molecule has 0 amide bonds. The Labute approximate surface area is 114 Å². The second kappa shape index (κ2) is 5.29. The van der Waals surface area contributed by atoms with Crippen molar-refractivity contribution in [1.82, 2.24) is 5.32 Å². The summed E-state index contributed by atoms with van der Waals surface area (Å²) < 4.78 is 0. The van der Waals surface area contributed by atoms with Gasteiger partial charge in [0.25, 0.3) is 5.69 Å². The number of nitro groups is 1. The van der Waals surface area contributed by atoms with Crippen molar-refractivity contribution in [2.75, 3.05) is 6.54 Å². The highest BCUT2D eigenvalue weighted by Crippen LogP contribution is 2.51. The Bertz CT molecular complexity index is 479. The number of hydrogen-bond acceptors (Lipinski definition) is 3. The highest BCUT2D eigenvalue weighted by molar-refractivity contribution is 5.42. The van der Waals surface area contributed by atoms with Gasteiger partial charge in [-0.2, -0.15) is 0 Å². The molecule has 0 saturated heterocycles. The van der Waals surface area contributed by atoms with Crippen LogP contribution in [0.3, 0.4) is 0 Å². The molecule has 1 aliphatic carbocycles. The van der Waals surface area contributed by atoms with E-state index >= 15 is 0 Å². The third kappa shape index (κ3) is 3.13. The van der Waals surface area contributed by atoms with Crippen LogP contribution in [0.1, 0.15) is 37.8 Å².